The van der Waals surface area contributed by atoms with Gasteiger partial charge in [0.25, 0.3) is 5.91 Å². The van der Waals surface area contributed by atoms with E-state index in [1.807, 2.05) is 56.3 Å². The van der Waals surface area contributed by atoms with E-state index in [2.05, 4.69) is 15.4 Å². The zero-order valence-electron chi connectivity index (χ0n) is 19.7. The molecule has 0 aliphatic rings. The second kappa shape index (κ2) is 10.2. The maximum Gasteiger partial charge on any atom is 0.253 e. The molecule has 0 aliphatic carbocycles. The summed E-state index contributed by atoms with van der Waals surface area (Å²) in [5.41, 5.74) is 3.10. The molecule has 0 spiro atoms. The van der Waals surface area contributed by atoms with Crippen molar-refractivity contribution in [1.82, 2.24) is 20.1 Å². The number of rotatable bonds is 9. The van der Waals surface area contributed by atoms with Crippen LogP contribution in [0.2, 0.25) is 0 Å². The molecule has 0 saturated heterocycles. The second-order valence-corrected chi connectivity index (χ2v) is 8.11. The van der Waals surface area contributed by atoms with Gasteiger partial charge in [-0.25, -0.2) is 9.67 Å². The van der Waals surface area contributed by atoms with Crippen molar-refractivity contribution in [2.45, 2.75) is 33.0 Å². The zero-order chi connectivity index (χ0) is 24.1. The van der Waals surface area contributed by atoms with Crippen molar-refractivity contribution in [1.29, 1.82) is 0 Å². The fourth-order valence-electron chi connectivity index (χ4n) is 3.60. The summed E-state index contributed by atoms with van der Waals surface area (Å²) in [7, 11) is 3.24. The fourth-order valence-corrected chi connectivity index (χ4v) is 3.60. The second-order valence-electron chi connectivity index (χ2n) is 8.11. The maximum atomic E-state index is 12.7. The number of carbonyl (C=O) groups is 1. The lowest BCUT2D eigenvalue weighted by molar-refractivity contribution is 0.0950. The Kier molecular flexibility index (Phi) is 6.96. The van der Waals surface area contributed by atoms with E-state index in [0.717, 1.165) is 28.0 Å². The fraction of sp³-hybridized carbons (Fsp3) is 0.269. The van der Waals surface area contributed by atoms with Crippen LogP contribution in [0.1, 0.15) is 35.3 Å². The van der Waals surface area contributed by atoms with Crippen molar-refractivity contribution in [3.8, 4) is 17.2 Å². The number of pyridine rings is 1. The third-order valence-electron chi connectivity index (χ3n) is 5.30. The summed E-state index contributed by atoms with van der Waals surface area (Å²) in [4.78, 5) is 17.2. The minimum atomic E-state index is -0.193. The summed E-state index contributed by atoms with van der Waals surface area (Å²) in [6.45, 7) is 4.86. The van der Waals surface area contributed by atoms with Crippen LogP contribution in [0.4, 0.5) is 0 Å². The highest BCUT2D eigenvalue weighted by Crippen LogP contribution is 2.26. The van der Waals surface area contributed by atoms with Crippen molar-refractivity contribution >= 4 is 16.9 Å². The minimum Gasteiger partial charge on any atom is -0.497 e. The molecule has 176 valence electrons. The number of benzene rings is 2. The van der Waals surface area contributed by atoms with Crippen LogP contribution in [0, 0.1) is 0 Å². The molecule has 0 bridgehead atoms. The van der Waals surface area contributed by atoms with Crippen LogP contribution >= 0.6 is 0 Å². The molecule has 4 aromatic rings. The normalized spacial score (nSPS) is 11.0. The Balaban J connectivity index is 1.44. The van der Waals surface area contributed by atoms with Gasteiger partial charge in [0.05, 0.1) is 38.6 Å². The van der Waals surface area contributed by atoms with Crippen LogP contribution in [0.3, 0.4) is 0 Å². The number of hydrogen-bond acceptors (Lipinski definition) is 6. The molecule has 34 heavy (non-hydrogen) atoms. The molecule has 1 amide bonds. The minimum absolute atomic E-state index is 0.121. The van der Waals surface area contributed by atoms with Crippen LogP contribution < -0.4 is 19.5 Å². The Bertz CT molecular complexity index is 1280. The van der Waals surface area contributed by atoms with Crippen molar-refractivity contribution in [2.75, 3.05) is 14.2 Å². The largest absolute Gasteiger partial charge is 0.497 e. The molecule has 0 saturated carbocycles. The standard InChI is InChI=1S/C26H28N4O4/c1-17(2)34-22-8-5-18(6-9-22)13-28-26(31)21-11-20-15-29-30(25(20)27-14-21)16-19-7-10-23(32-3)12-24(19)33-4/h5-12,14-15,17H,13,16H2,1-4H3,(H,28,31). The monoisotopic (exact) mass is 460 g/mol. The number of aromatic nitrogens is 3. The smallest absolute Gasteiger partial charge is 0.253 e. The quantitative estimate of drug-likeness (QED) is 0.403. The molecule has 2 heterocycles. The predicted molar refractivity (Wildman–Crippen MR) is 130 cm³/mol. The Morgan fingerprint density at radius 1 is 1.00 bits per heavy atom. The van der Waals surface area contributed by atoms with Gasteiger partial charge in [0.1, 0.15) is 17.2 Å². The van der Waals surface area contributed by atoms with Crippen molar-refractivity contribution in [3.05, 3.63) is 77.6 Å². The lowest BCUT2D eigenvalue weighted by Crippen LogP contribution is -2.22. The molecule has 0 radical (unpaired) electrons. The number of amides is 1. The molecule has 4 rings (SSSR count). The summed E-state index contributed by atoms with van der Waals surface area (Å²) < 4.78 is 18.2. The number of carbonyl (C=O) groups excluding carboxylic acids is 1. The summed E-state index contributed by atoms with van der Waals surface area (Å²) in [6, 6.07) is 15.1. The lowest BCUT2D eigenvalue weighted by Gasteiger charge is -2.11. The third kappa shape index (κ3) is 5.28. The summed E-state index contributed by atoms with van der Waals surface area (Å²) in [5, 5.41) is 8.18. The number of nitrogens with zero attached hydrogens (tertiary/aromatic N) is 3. The molecule has 0 atom stereocenters. The Morgan fingerprint density at radius 2 is 1.76 bits per heavy atom. The molecule has 8 heteroatoms. The van der Waals surface area contributed by atoms with Gasteiger partial charge in [0.15, 0.2) is 5.65 Å². The van der Waals surface area contributed by atoms with Crippen molar-refractivity contribution in [2.24, 2.45) is 0 Å². The Morgan fingerprint density at radius 3 is 2.47 bits per heavy atom. The molecule has 1 N–H and O–H groups in total. The Labute approximate surface area is 198 Å². The van der Waals surface area contributed by atoms with E-state index in [4.69, 9.17) is 14.2 Å². The molecule has 0 fully saturated rings. The van der Waals surface area contributed by atoms with Crippen LogP contribution in [-0.4, -0.2) is 41.0 Å². The van der Waals surface area contributed by atoms with Crippen molar-refractivity contribution < 1.29 is 19.0 Å². The molecular weight excluding hydrogens is 432 g/mol. The summed E-state index contributed by atoms with van der Waals surface area (Å²) >= 11 is 0. The van der Waals surface area contributed by atoms with Gasteiger partial charge >= 0.3 is 0 Å². The highest BCUT2D eigenvalue weighted by Gasteiger charge is 2.13. The van der Waals surface area contributed by atoms with Gasteiger partial charge in [-0.05, 0) is 49.7 Å². The van der Waals surface area contributed by atoms with Crippen LogP contribution in [0.15, 0.2) is 60.9 Å². The predicted octanol–water partition coefficient (Wildman–Crippen LogP) is 4.21. The third-order valence-corrected chi connectivity index (χ3v) is 5.30. The van der Waals surface area contributed by atoms with Gasteiger partial charge in [0, 0.05) is 29.8 Å². The molecular formula is C26H28N4O4. The number of ether oxygens (including phenoxy) is 3. The van der Waals surface area contributed by atoms with Crippen LogP contribution in [-0.2, 0) is 13.1 Å². The van der Waals surface area contributed by atoms with Gasteiger partial charge in [-0.1, -0.05) is 12.1 Å². The molecule has 8 nitrogen and oxygen atoms in total. The number of hydrogen-bond donors (Lipinski definition) is 1. The molecule has 0 aliphatic heterocycles. The number of methoxy groups -OCH3 is 2. The van der Waals surface area contributed by atoms with E-state index < -0.39 is 0 Å². The van der Waals surface area contributed by atoms with E-state index in [1.165, 1.54) is 0 Å². The van der Waals surface area contributed by atoms with Gasteiger partial charge < -0.3 is 19.5 Å². The first-order chi connectivity index (χ1) is 16.5. The van der Waals surface area contributed by atoms with E-state index in [0.29, 0.717) is 30.0 Å². The highest BCUT2D eigenvalue weighted by atomic mass is 16.5. The maximum absolute atomic E-state index is 12.7. The highest BCUT2D eigenvalue weighted by molar-refractivity contribution is 5.96. The Hall–Kier alpha value is -4.07. The molecule has 2 aromatic heterocycles. The van der Waals surface area contributed by atoms with Crippen molar-refractivity contribution in [3.63, 3.8) is 0 Å². The van der Waals surface area contributed by atoms with E-state index in [1.54, 1.807) is 37.4 Å². The SMILES string of the molecule is COc1ccc(Cn2ncc3cc(C(=O)NCc4ccc(OC(C)C)cc4)cnc32)c(OC)c1. The van der Waals surface area contributed by atoms with Gasteiger partial charge in [-0.3, -0.25) is 4.79 Å². The van der Waals surface area contributed by atoms with E-state index in [-0.39, 0.29) is 12.0 Å². The number of nitrogens with one attached hydrogen (secondary N) is 1. The van der Waals surface area contributed by atoms with E-state index >= 15 is 0 Å². The van der Waals surface area contributed by atoms with Gasteiger partial charge in [-0.15, -0.1) is 0 Å². The first kappa shape index (κ1) is 23.1. The average Bonchev–Trinajstić information content (AvgIpc) is 3.25. The first-order valence-electron chi connectivity index (χ1n) is 11.0. The average molecular weight is 461 g/mol. The zero-order valence-corrected chi connectivity index (χ0v) is 19.7. The van der Waals surface area contributed by atoms with Crippen LogP contribution in [0.5, 0.6) is 17.2 Å². The van der Waals surface area contributed by atoms with Gasteiger partial charge in [-0.2, -0.15) is 5.10 Å². The summed E-state index contributed by atoms with van der Waals surface area (Å²) in [6.07, 6.45) is 3.40. The van der Waals surface area contributed by atoms with Gasteiger partial charge in [0.2, 0.25) is 0 Å². The molecule has 0 unspecified atom stereocenters. The van der Waals surface area contributed by atoms with E-state index in [9.17, 15) is 4.79 Å². The number of fused-ring (bicyclic) bond motifs is 1. The topological polar surface area (TPSA) is 87.5 Å². The lowest BCUT2D eigenvalue weighted by atomic mass is 10.2. The first-order valence-corrected chi connectivity index (χ1v) is 11.0. The van der Waals surface area contributed by atoms with Crippen LogP contribution in [0.25, 0.3) is 11.0 Å². The summed E-state index contributed by atoms with van der Waals surface area (Å²) in [5.74, 6) is 2.05. The molecule has 2 aromatic carbocycles.